The van der Waals surface area contributed by atoms with Gasteiger partial charge in [0.05, 0.1) is 12.2 Å². The van der Waals surface area contributed by atoms with E-state index < -0.39 is 11.6 Å². The number of hydrogen-bond acceptors (Lipinski definition) is 5. The normalized spacial score (nSPS) is 10.4. The first kappa shape index (κ1) is 14.1. The number of rotatable bonds is 5. The largest absolute Gasteiger partial charge is 0.348 e. The molecule has 0 aromatic carbocycles. The van der Waals surface area contributed by atoms with Crippen molar-refractivity contribution in [1.82, 2.24) is 9.97 Å². The molecule has 0 unspecified atom stereocenters. The molecule has 0 saturated carbocycles. The highest BCUT2D eigenvalue weighted by Gasteiger charge is 2.16. The van der Waals surface area contributed by atoms with Crippen LogP contribution in [0, 0.1) is 11.6 Å². The Bertz CT molecular complexity index is 576. The van der Waals surface area contributed by atoms with E-state index in [9.17, 15) is 8.78 Å². The van der Waals surface area contributed by atoms with Gasteiger partial charge in [0, 0.05) is 18.8 Å². The van der Waals surface area contributed by atoms with E-state index in [4.69, 9.17) is 5.84 Å². The summed E-state index contributed by atoms with van der Waals surface area (Å²) in [5.41, 5.74) is 2.88. The summed E-state index contributed by atoms with van der Waals surface area (Å²) >= 11 is 0. The number of aromatic nitrogens is 2. The zero-order valence-electron chi connectivity index (χ0n) is 11.0. The van der Waals surface area contributed by atoms with Crippen LogP contribution in [0.5, 0.6) is 0 Å². The van der Waals surface area contributed by atoms with Crippen molar-refractivity contribution in [3.05, 3.63) is 47.8 Å². The molecule has 2 aromatic rings. The van der Waals surface area contributed by atoms with Crippen LogP contribution in [0.1, 0.15) is 12.6 Å². The quantitative estimate of drug-likeness (QED) is 0.648. The van der Waals surface area contributed by atoms with Gasteiger partial charge >= 0.3 is 0 Å². The molecule has 5 nitrogen and oxygen atoms in total. The maximum atomic E-state index is 13.9. The lowest BCUT2D eigenvalue weighted by atomic mass is 10.3. The Labute approximate surface area is 115 Å². The molecular weight excluding hydrogens is 264 g/mol. The van der Waals surface area contributed by atoms with Crippen LogP contribution in [0.25, 0.3) is 0 Å². The van der Waals surface area contributed by atoms with Crippen LogP contribution in [0.15, 0.2) is 30.5 Å². The van der Waals surface area contributed by atoms with Gasteiger partial charge in [0.15, 0.2) is 23.3 Å². The molecule has 0 spiro atoms. The molecule has 3 N–H and O–H groups in total. The minimum Gasteiger partial charge on any atom is -0.348 e. The van der Waals surface area contributed by atoms with E-state index in [-0.39, 0.29) is 11.6 Å². The lowest BCUT2D eigenvalue weighted by Gasteiger charge is -2.22. The van der Waals surface area contributed by atoms with E-state index >= 15 is 0 Å². The molecule has 0 bridgehead atoms. The van der Waals surface area contributed by atoms with E-state index in [0.717, 1.165) is 11.8 Å². The predicted molar refractivity (Wildman–Crippen MR) is 72.9 cm³/mol. The maximum absolute atomic E-state index is 13.9. The molecule has 0 fully saturated rings. The smallest absolute Gasteiger partial charge is 0.178 e. The van der Waals surface area contributed by atoms with Crippen molar-refractivity contribution in [1.29, 1.82) is 0 Å². The highest BCUT2D eigenvalue weighted by atomic mass is 19.1. The van der Waals surface area contributed by atoms with Crippen LogP contribution in [-0.4, -0.2) is 16.5 Å². The van der Waals surface area contributed by atoms with Crippen molar-refractivity contribution in [2.24, 2.45) is 5.84 Å². The number of pyridine rings is 2. The molecule has 0 amide bonds. The molecular formula is C13H15F2N5. The van der Waals surface area contributed by atoms with Crippen molar-refractivity contribution in [3.63, 3.8) is 0 Å². The standard InChI is InChI=1S/C13H15F2N5/c1-2-20(8-9-5-3-4-6-17-9)13-11(15)7-10(14)12(18-13)19-16/h3-7H,2,8,16H2,1H3,(H,18,19). The Balaban J connectivity index is 2.32. The molecule has 0 aliphatic carbocycles. The average molecular weight is 279 g/mol. The van der Waals surface area contributed by atoms with Crippen molar-refractivity contribution in [2.45, 2.75) is 13.5 Å². The van der Waals surface area contributed by atoms with Gasteiger partial charge < -0.3 is 10.3 Å². The Morgan fingerprint density at radius 1 is 1.30 bits per heavy atom. The van der Waals surface area contributed by atoms with Crippen LogP contribution in [0.4, 0.5) is 20.4 Å². The molecule has 106 valence electrons. The lowest BCUT2D eigenvalue weighted by molar-refractivity contribution is 0.569. The second kappa shape index (κ2) is 6.25. The van der Waals surface area contributed by atoms with Gasteiger partial charge in [-0.2, -0.15) is 0 Å². The molecule has 20 heavy (non-hydrogen) atoms. The van der Waals surface area contributed by atoms with Gasteiger partial charge in [-0.3, -0.25) is 4.98 Å². The van der Waals surface area contributed by atoms with E-state index in [1.165, 1.54) is 0 Å². The fraction of sp³-hybridized carbons (Fsp3) is 0.231. The van der Waals surface area contributed by atoms with Crippen LogP contribution < -0.4 is 16.2 Å². The number of nitrogens with zero attached hydrogens (tertiary/aromatic N) is 3. The van der Waals surface area contributed by atoms with Gasteiger partial charge in [-0.05, 0) is 19.1 Å². The molecule has 0 aliphatic rings. The molecule has 2 rings (SSSR count). The summed E-state index contributed by atoms with van der Waals surface area (Å²) in [6.45, 7) is 2.72. The lowest BCUT2D eigenvalue weighted by Crippen LogP contribution is -2.26. The fourth-order valence-electron chi connectivity index (χ4n) is 1.80. The van der Waals surface area contributed by atoms with E-state index in [1.54, 1.807) is 17.2 Å². The Kier molecular flexibility index (Phi) is 4.41. The second-order valence-electron chi connectivity index (χ2n) is 4.10. The SMILES string of the molecule is CCN(Cc1ccccn1)c1nc(NN)c(F)cc1F. The molecule has 0 aliphatic heterocycles. The highest BCUT2D eigenvalue weighted by molar-refractivity contribution is 5.48. The third-order valence-corrected chi connectivity index (χ3v) is 2.81. The van der Waals surface area contributed by atoms with Gasteiger partial charge in [-0.25, -0.2) is 19.6 Å². The Morgan fingerprint density at radius 2 is 2.10 bits per heavy atom. The van der Waals surface area contributed by atoms with E-state index in [2.05, 4.69) is 15.4 Å². The van der Waals surface area contributed by atoms with Crippen LogP contribution >= 0.6 is 0 Å². The number of hydrazine groups is 1. The van der Waals surface area contributed by atoms with Gasteiger partial charge in [0.1, 0.15) is 0 Å². The summed E-state index contributed by atoms with van der Waals surface area (Å²) < 4.78 is 27.2. The first-order valence-corrected chi connectivity index (χ1v) is 6.13. The molecule has 7 heteroatoms. The van der Waals surface area contributed by atoms with Crippen molar-refractivity contribution in [3.8, 4) is 0 Å². The average Bonchev–Trinajstić information content (AvgIpc) is 2.46. The molecule has 2 aromatic heterocycles. The van der Waals surface area contributed by atoms with Gasteiger partial charge in [-0.15, -0.1) is 0 Å². The number of nitrogens with one attached hydrogen (secondary N) is 1. The first-order valence-electron chi connectivity index (χ1n) is 6.13. The molecule has 0 saturated heterocycles. The number of nitrogens with two attached hydrogens (primary N) is 1. The second-order valence-corrected chi connectivity index (χ2v) is 4.10. The fourth-order valence-corrected chi connectivity index (χ4v) is 1.80. The van der Waals surface area contributed by atoms with Gasteiger partial charge in [0.2, 0.25) is 0 Å². The number of nitrogen functional groups attached to an aromatic ring is 1. The third kappa shape index (κ3) is 3.00. The number of hydrogen-bond donors (Lipinski definition) is 2. The van der Waals surface area contributed by atoms with E-state index in [1.807, 2.05) is 19.1 Å². The summed E-state index contributed by atoms with van der Waals surface area (Å²) in [7, 11) is 0. The molecule has 2 heterocycles. The minimum atomic E-state index is -0.831. The predicted octanol–water partition coefficient (Wildman–Crippen LogP) is 2.07. The first-order chi connectivity index (χ1) is 9.65. The molecule has 0 atom stereocenters. The maximum Gasteiger partial charge on any atom is 0.178 e. The number of halogens is 2. The van der Waals surface area contributed by atoms with Gasteiger partial charge in [-0.1, -0.05) is 6.07 Å². The Hall–Kier alpha value is -2.28. The Morgan fingerprint density at radius 3 is 2.70 bits per heavy atom. The molecule has 0 radical (unpaired) electrons. The summed E-state index contributed by atoms with van der Waals surface area (Å²) in [6, 6.07) is 6.23. The monoisotopic (exact) mass is 279 g/mol. The van der Waals surface area contributed by atoms with Crippen molar-refractivity contribution >= 4 is 11.6 Å². The topological polar surface area (TPSA) is 67.1 Å². The van der Waals surface area contributed by atoms with Crippen molar-refractivity contribution in [2.75, 3.05) is 16.9 Å². The zero-order chi connectivity index (χ0) is 14.5. The summed E-state index contributed by atoms with van der Waals surface area (Å²) in [4.78, 5) is 9.70. The number of anilines is 2. The van der Waals surface area contributed by atoms with Crippen LogP contribution in [0.3, 0.4) is 0 Å². The van der Waals surface area contributed by atoms with Crippen molar-refractivity contribution < 1.29 is 8.78 Å². The minimum absolute atomic E-state index is 0.0347. The summed E-state index contributed by atoms with van der Waals surface area (Å²) in [6.07, 6.45) is 1.66. The van der Waals surface area contributed by atoms with Crippen LogP contribution in [-0.2, 0) is 6.54 Å². The summed E-state index contributed by atoms with van der Waals surface area (Å²) in [5, 5.41) is 0. The van der Waals surface area contributed by atoms with Crippen LogP contribution in [0.2, 0.25) is 0 Å². The summed E-state index contributed by atoms with van der Waals surface area (Å²) in [5.74, 6) is 3.43. The van der Waals surface area contributed by atoms with E-state index in [0.29, 0.717) is 13.1 Å². The van der Waals surface area contributed by atoms with Gasteiger partial charge in [0.25, 0.3) is 0 Å². The zero-order valence-corrected chi connectivity index (χ0v) is 11.0. The highest BCUT2D eigenvalue weighted by Crippen LogP contribution is 2.22. The third-order valence-electron chi connectivity index (χ3n) is 2.81.